The van der Waals surface area contributed by atoms with Crippen molar-refractivity contribution in [2.75, 3.05) is 13.6 Å². The third-order valence-corrected chi connectivity index (χ3v) is 2.91. The molecule has 0 aliphatic heterocycles. The number of alkyl halides is 3. The second-order valence-corrected chi connectivity index (χ2v) is 4.62. The highest BCUT2D eigenvalue weighted by Crippen LogP contribution is 2.27. The molecule has 0 spiro atoms. The molecular formula is C14H15F3N4O. The maximum atomic E-state index is 12.5. The zero-order valence-electron chi connectivity index (χ0n) is 11.8. The standard InChI is InChI=1S/C14H15F3N4O/c1-18-9-13(22)19-8-10-2-4-11(5-3-10)21-7-6-12(20-21)14(15,16)17/h2-7,18H,8-9H2,1H3,(H,19,22). The van der Waals surface area contributed by atoms with Crippen LogP contribution in [0.4, 0.5) is 13.2 Å². The Bertz CT molecular complexity index is 634. The van der Waals surface area contributed by atoms with Crippen molar-refractivity contribution < 1.29 is 18.0 Å². The summed E-state index contributed by atoms with van der Waals surface area (Å²) in [5.41, 5.74) is 0.424. The molecule has 0 radical (unpaired) electrons. The van der Waals surface area contributed by atoms with Gasteiger partial charge in [0.2, 0.25) is 5.91 Å². The van der Waals surface area contributed by atoms with E-state index in [0.717, 1.165) is 16.3 Å². The molecule has 2 aromatic rings. The molecule has 1 amide bonds. The number of carbonyl (C=O) groups excluding carboxylic acids is 1. The predicted octanol–water partition coefficient (Wildman–Crippen LogP) is 1.73. The van der Waals surface area contributed by atoms with Gasteiger partial charge in [0.15, 0.2) is 5.69 Å². The highest BCUT2D eigenvalue weighted by Gasteiger charge is 2.33. The van der Waals surface area contributed by atoms with Crippen LogP contribution in [-0.2, 0) is 17.5 Å². The first kappa shape index (κ1) is 16.0. The van der Waals surface area contributed by atoms with Crippen molar-refractivity contribution in [1.29, 1.82) is 0 Å². The number of carbonyl (C=O) groups is 1. The molecule has 1 aromatic carbocycles. The minimum Gasteiger partial charge on any atom is -0.351 e. The van der Waals surface area contributed by atoms with Gasteiger partial charge in [-0.2, -0.15) is 18.3 Å². The lowest BCUT2D eigenvalue weighted by atomic mass is 10.2. The van der Waals surface area contributed by atoms with Crippen LogP contribution in [0.3, 0.4) is 0 Å². The minimum atomic E-state index is -4.46. The summed E-state index contributed by atoms with van der Waals surface area (Å²) in [6, 6.07) is 7.67. The second kappa shape index (κ2) is 6.61. The van der Waals surface area contributed by atoms with E-state index in [4.69, 9.17) is 0 Å². The van der Waals surface area contributed by atoms with Gasteiger partial charge in [-0.3, -0.25) is 4.79 Å². The Morgan fingerprint density at radius 3 is 2.45 bits per heavy atom. The van der Waals surface area contributed by atoms with Crippen molar-refractivity contribution in [3.8, 4) is 5.69 Å². The van der Waals surface area contributed by atoms with Crippen LogP contribution in [-0.4, -0.2) is 29.3 Å². The Balaban J connectivity index is 2.03. The zero-order valence-corrected chi connectivity index (χ0v) is 11.8. The Kier molecular flexibility index (Phi) is 4.81. The van der Waals surface area contributed by atoms with Gasteiger partial charge in [-0.25, -0.2) is 4.68 Å². The predicted molar refractivity (Wildman–Crippen MR) is 74.3 cm³/mol. The van der Waals surface area contributed by atoms with E-state index < -0.39 is 11.9 Å². The number of halogens is 3. The largest absolute Gasteiger partial charge is 0.435 e. The summed E-state index contributed by atoms with van der Waals surface area (Å²) in [6.07, 6.45) is -3.20. The van der Waals surface area contributed by atoms with Crippen LogP contribution >= 0.6 is 0 Å². The summed E-state index contributed by atoms with van der Waals surface area (Å²) >= 11 is 0. The van der Waals surface area contributed by atoms with Crippen molar-refractivity contribution in [3.63, 3.8) is 0 Å². The summed E-state index contributed by atoms with van der Waals surface area (Å²) in [5, 5.41) is 8.94. The first-order valence-electron chi connectivity index (χ1n) is 6.53. The van der Waals surface area contributed by atoms with Crippen LogP contribution in [0.25, 0.3) is 5.69 Å². The van der Waals surface area contributed by atoms with Crippen molar-refractivity contribution in [2.24, 2.45) is 0 Å². The fourth-order valence-electron chi connectivity index (χ4n) is 1.81. The molecule has 1 heterocycles. The zero-order chi connectivity index (χ0) is 16.2. The number of nitrogens with one attached hydrogen (secondary N) is 2. The Hall–Kier alpha value is -2.35. The number of amides is 1. The topological polar surface area (TPSA) is 59.0 Å². The van der Waals surface area contributed by atoms with Gasteiger partial charge in [0.25, 0.3) is 0 Å². The van der Waals surface area contributed by atoms with Crippen LogP contribution in [0.1, 0.15) is 11.3 Å². The molecule has 2 N–H and O–H groups in total. The number of rotatable bonds is 5. The van der Waals surface area contributed by atoms with Crippen molar-refractivity contribution in [2.45, 2.75) is 12.7 Å². The van der Waals surface area contributed by atoms with Gasteiger partial charge < -0.3 is 10.6 Å². The van der Waals surface area contributed by atoms with E-state index in [1.54, 1.807) is 31.3 Å². The first-order valence-corrected chi connectivity index (χ1v) is 6.53. The number of hydrogen-bond acceptors (Lipinski definition) is 3. The monoisotopic (exact) mass is 312 g/mol. The van der Waals surface area contributed by atoms with Crippen molar-refractivity contribution >= 4 is 5.91 Å². The van der Waals surface area contributed by atoms with Gasteiger partial charge in [0.05, 0.1) is 12.2 Å². The van der Waals surface area contributed by atoms with E-state index in [-0.39, 0.29) is 12.5 Å². The van der Waals surface area contributed by atoms with Crippen LogP contribution in [0.5, 0.6) is 0 Å². The molecule has 0 fully saturated rings. The van der Waals surface area contributed by atoms with E-state index in [9.17, 15) is 18.0 Å². The quantitative estimate of drug-likeness (QED) is 0.884. The molecule has 0 saturated carbocycles. The van der Waals surface area contributed by atoms with Gasteiger partial charge in [-0.05, 0) is 30.8 Å². The molecule has 1 aromatic heterocycles. The molecule has 0 bridgehead atoms. The number of benzene rings is 1. The SMILES string of the molecule is CNCC(=O)NCc1ccc(-n2ccc(C(F)(F)F)n2)cc1. The highest BCUT2D eigenvalue weighted by atomic mass is 19.4. The van der Waals surface area contributed by atoms with E-state index >= 15 is 0 Å². The number of hydrogen-bond donors (Lipinski definition) is 2. The summed E-state index contributed by atoms with van der Waals surface area (Å²) in [5.74, 6) is -0.131. The van der Waals surface area contributed by atoms with Crippen molar-refractivity contribution in [3.05, 3.63) is 47.8 Å². The minimum absolute atomic E-state index is 0.131. The van der Waals surface area contributed by atoms with E-state index in [2.05, 4.69) is 15.7 Å². The van der Waals surface area contributed by atoms with E-state index in [1.165, 1.54) is 6.20 Å². The Morgan fingerprint density at radius 2 is 1.91 bits per heavy atom. The maximum Gasteiger partial charge on any atom is 0.435 e. The van der Waals surface area contributed by atoms with Crippen LogP contribution in [0.2, 0.25) is 0 Å². The van der Waals surface area contributed by atoms with E-state index in [1.807, 2.05) is 0 Å². The normalized spacial score (nSPS) is 11.5. The molecule has 5 nitrogen and oxygen atoms in total. The summed E-state index contributed by atoms with van der Waals surface area (Å²) in [6.45, 7) is 0.583. The Labute approximate surface area is 125 Å². The lowest BCUT2D eigenvalue weighted by Gasteiger charge is -2.07. The highest BCUT2D eigenvalue weighted by molar-refractivity contribution is 5.77. The summed E-state index contributed by atoms with van der Waals surface area (Å²) in [4.78, 5) is 11.3. The first-order chi connectivity index (χ1) is 10.4. The average Bonchev–Trinajstić information content (AvgIpc) is 2.96. The van der Waals surface area contributed by atoms with Crippen LogP contribution in [0, 0.1) is 0 Å². The van der Waals surface area contributed by atoms with Gasteiger partial charge >= 0.3 is 6.18 Å². The smallest absolute Gasteiger partial charge is 0.351 e. The average molecular weight is 312 g/mol. The molecule has 0 unspecified atom stereocenters. The molecule has 2 rings (SSSR count). The number of nitrogens with zero attached hydrogens (tertiary/aromatic N) is 2. The maximum absolute atomic E-state index is 12.5. The lowest BCUT2D eigenvalue weighted by Crippen LogP contribution is -2.31. The van der Waals surface area contributed by atoms with Gasteiger partial charge in [0, 0.05) is 12.7 Å². The van der Waals surface area contributed by atoms with Gasteiger partial charge in [-0.1, -0.05) is 12.1 Å². The molecule has 22 heavy (non-hydrogen) atoms. The van der Waals surface area contributed by atoms with Crippen LogP contribution < -0.4 is 10.6 Å². The Morgan fingerprint density at radius 1 is 1.23 bits per heavy atom. The molecule has 118 valence electrons. The lowest BCUT2D eigenvalue weighted by molar-refractivity contribution is -0.141. The van der Waals surface area contributed by atoms with Gasteiger partial charge in [-0.15, -0.1) is 0 Å². The molecule has 0 aliphatic rings. The summed E-state index contributed by atoms with van der Waals surface area (Å²) in [7, 11) is 1.67. The van der Waals surface area contributed by atoms with E-state index in [0.29, 0.717) is 12.2 Å². The molecule has 0 atom stereocenters. The number of aromatic nitrogens is 2. The van der Waals surface area contributed by atoms with Crippen molar-refractivity contribution in [1.82, 2.24) is 20.4 Å². The summed E-state index contributed by atoms with van der Waals surface area (Å²) < 4.78 is 38.7. The molecular weight excluding hydrogens is 297 g/mol. The van der Waals surface area contributed by atoms with Gasteiger partial charge in [0.1, 0.15) is 0 Å². The third kappa shape index (κ3) is 4.08. The molecule has 0 saturated heterocycles. The molecule has 0 aliphatic carbocycles. The fourth-order valence-corrected chi connectivity index (χ4v) is 1.81. The third-order valence-electron chi connectivity index (χ3n) is 2.91. The molecule has 8 heteroatoms. The fraction of sp³-hybridized carbons (Fsp3) is 0.286. The number of likely N-dealkylation sites (N-methyl/N-ethyl adjacent to an activating group) is 1. The van der Waals surface area contributed by atoms with Crippen LogP contribution in [0.15, 0.2) is 36.5 Å². The second-order valence-electron chi connectivity index (χ2n) is 4.62.